The minimum Gasteiger partial charge on any atom is -0.477 e. The van der Waals surface area contributed by atoms with Gasteiger partial charge in [0.25, 0.3) is 0 Å². The Hall–Kier alpha value is -3.48. The van der Waals surface area contributed by atoms with Crippen LogP contribution < -0.4 is 9.64 Å². The zero-order valence-corrected chi connectivity index (χ0v) is 14.6. The molecule has 1 aromatic carbocycles. The number of carbonyl (C=O) groups is 1. The van der Waals surface area contributed by atoms with Gasteiger partial charge in [-0.3, -0.25) is 0 Å². The minimum atomic E-state index is -1.01. The zero-order chi connectivity index (χ0) is 18.6. The van der Waals surface area contributed by atoms with Crippen LogP contribution in [0.2, 0.25) is 0 Å². The SMILES string of the molecule is O=C(O)c1ccc2c(n1)CCN(c1nccc(OCc3ccccc3)n1)C2. The molecule has 0 saturated carbocycles. The Balaban J connectivity index is 1.47. The van der Waals surface area contributed by atoms with Gasteiger partial charge in [0, 0.05) is 37.5 Å². The Kier molecular flexibility index (Phi) is 4.65. The molecule has 136 valence electrons. The fraction of sp³-hybridized carbons (Fsp3) is 0.200. The van der Waals surface area contributed by atoms with E-state index >= 15 is 0 Å². The van der Waals surface area contributed by atoms with Crippen molar-refractivity contribution in [3.8, 4) is 5.88 Å². The fourth-order valence-corrected chi connectivity index (χ4v) is 3.00. The van der Waals surface area contributed by atoms with Gasteiger partial charge >= 0.3 is 5.97 Å². The molecular formula is C20H18N4O3. The lowest BCUT2D eigenvalue weighted by Gasteiger charge is -2.28. The van der Waals surface area contributed by atoms with Gasteiger partial charge in [0.05, 0.1) is 0 Å². The van der Waals surface area contributed by atoms with Crippen LogP contribution in [-0.2, 0) is 19.6 Å². The molecular weight excluding hydrogens is 344 g/mol. The number of carboxylic acid groups (broad SMARTS) is 1. The highest BCUT2D eigenvalue weighted by atomic mass is 16.5. The Morgan fingerprint density at radius 3 is 2.78 bits per heavy atom. The molecule has 0 fully saturated rings. The monoisotopic (exact) mass is 362 g/mol. The Bertz CT molecular complexity index is 962. The molecule has 0 unspecified atom stereocenters. The molecule has 0 amide bonds. The van der Waals surface area contributed by atoms with Crippen LogP contribution in [0.4, 0.5) is 5.95 Å². The number of aromatic carboxylic acids is 1. The molecule has 1 N–H and O–H groups in total. The molecule has 27 heavy (non-hydrogen) atoms. The first kappa shape index (κ1) is 17.0. The van der Waals surface area contributed by atoms with E-state index in [1.165, 1.54) is 6.07 Å². The molecule has 0 radical (unpaired) electrons. The number of rotatable bonds is 5. The van der Waals surface area contributed by atoms with Crippen LogP contribution in [0.5, 0.6) is 5.88 Å². The van der Waals surface area contributed by atoms with Gasteiger partial charge in [-0.2, -0.15) is 4.98 Å². The van der Waals surface area contributed by atoms with E-state index in [0.717, 1.165) is 16.8 Å². The van der Waals surface area contributed by atoms with Crippen molar-refractivity contribution in [2.24, 2.45) is 0 Å². The second kappa shape index (κ2) is 7.41. The van der Waals surface area contributed by atoms with Gasteiger partial charge in [-0.15, -0.1) is 0 Å². The summed E-state index contributed by atoms with van der Waals surface area (Å²) >= 11 is 0. The molecule has 4 rings (SSSR count). The molecule has 1 aliphatic rings. The first-order valence-electron chi connectivity index (χ1n) is 8.66. The summed E-state index contributed by atoms with van der Waals surface area (Å²) in [4.78, 5) is 26.2. The first-order valence-corrected chi connectivity index (χ1v) is 8.66. The van der Waals surface area contributed by atoms with Crippen LogP contribution in [0.15, 0.2) is 54.7 Å². The highest BCUT2D eigenvalue weighted by molar-refractivity contribution is 5.85. The lowest BCUT2D eigenvalue weighted by atomic mass is 10.1. The second-order valence-corrected chi connectivity index (χ2v) is 6.25. The largest absolute Gasteiger partial charge is 0.477 e. The molecule has 1 aliphatic heterocycles. The third-order valence-corrected chi connectivity index (χ3v) is 4.40. The van der Waals surface area contributed by atoms with Crippen molar-refractivity contribution in [1.82, 2.24) is 15.0 Å². The number of fused-ring (bicyclic) bond motifs is 1. The number of benzene rings is 1. The van der Waals surface area contributed by atoms with Crippen LogP contribution in [0.3, 0.4) is 0 Å². The van der Waals surface area contributed by atoms with E-state index in [1.54, 1.807) is 12.3 Å². The van der Waals surface area contributed by atoms with E-state index in [0.29, 0.717) is 37.9 Å². The molecule has 7 nitrogen and oxygen atoms in total. The summed E-state index contributed by atoms with van der Waals surface area (Å²) in [5, 5.41) is 9.07. The van der Waals surface area contributed by atoms with Gasteiger partial charge in [-0.1, -0.05) is 36.4 Å². The van der Waals surface area contributed by atoms with Crippen molar-refractivity contribution in [2.75, 3.05) is 11.4 Å². The van der Waals surface area contributed by atoms with Crippen molar-refractivity contribution in [3.63, 3.8) is 0 Å². The van der Waals surface area contributed by atoms with Crippen molar-refractivity contribution in [2.45, 2.75) is 19.6 Å². The van der Waals surface area contributed by atoms with Crippen LogP contribution in [0.25, 0.3) is 0 Å². The van der Waals surface area contributed by atoms with Crippen LogP contribution in [-0.4, -0.2) is 32.6 Å². The smallest absolute Gasteiger partial charge is 0.354 e. The van der Waals surface area contributed by atoms with Gasteiger partial charge in [0.2, 0.25) is 11.8 Å². The summed E-state index contributed by atoms with van der Waals surface area (Å²) in [6.45, 7) is 1.71. The van der Waals surface area contributed by atoms with E-state index in [1.807, 2.05) is 41.3 Å². The number of hydrogen-bond donors (Lipinski definition) is 1. The van der Waals surface area contributed by atoms with E-state index in [9.17, 15) is 4.79 Å². The third kappa shape index (κ3) is 3.87. The molecule has 0 bridgehead atoms. The number of nitrogens with zero attached hydrogens (tertiary/aromatic N) is 4. The van der Waals surface area contributed by atoms with Crippen molar-refractivity contribution in [1.29, 1.82) is 0 Å². The molecule has 7 heteroatoms. The molecule has 2 aromatic heterocycles. The van der Waals surface area contributed by atoms with E-state index < -0.39 is 5.97 Å². The lowest BCUT2D eigenvalue weighted by molar-refractivity contribution is 0.0690. The number of aromatic nitrogens is 3. The van der Waals surface area contributed by atoms with Crippen LogP contribution in [0, 0.1) is 0 Å². The quantitative estimate of drug-likeness (QED) is 0.746. The maximum absolute atomic E-state index is 11.1. The summed E-state index contributed by atoms with van der Waals surface area (Å²) in [5.41, 5.74) is 2.97. The molecule has 0 atom stereocenters. The molecule has 0 saturated heterocycles. The topological polar surface area (TPSA) is 88.4 Å². The second-order valence-electron chi connectivity index (χ2n) is 6.25. The average Bonchev–Trinajstić information content (AvgIpc) is 2.72. The fourth-order valence-electron chi connectivity index (χ4n) is 3.00. The minimum absolute atomic E-state index is 0.0785. The Labute approximate surface area is 156 Å². The number of pyridine rings is 1. The summed E-state index contributed by atoms with van der Waals surface area (Å²) in [6, 6.07) is 15.0. The maximum atomic E-state index is 11.1. The van der Waals surface area contributed by atoms with Gasteiger partial charge in [-0.05, 0) is 17.2 Å². The van der Waals surface area contributed by atoms with Gasteiger partial charge in [0.15, 0.2) is 0 Å². The maximum Gasteiger partial charge on any atom is 0.354 e. The number of ether oxygens (including phenoxy) is 1. The summed E-state index contributed by atoms with van der Waals surface area (Å²) in [5.74, 6) is 0.106. The van der Waals surface area contributed by atoms with Crippen molar-refractivity contribution in [3.05, 3.63) is 77.2 Å². The normalized spacial score (nSPS) is 13.1. The van der Waals surface area contributed by atoms with Crippen LogP contribution >= 0.6 is 0 Å². The van der Waals surface area contributed by atoms with Crippen molar-refractivity contribution < 1.29 is 14.6 Å². The van der Waals surface area contributed by atoms with E-state index in [4.69, 9.17) is 9.84 Å². The van der Waals surface area contributed by atoms with Gasteiger partial charge < -0.3 is 14.7 Å². The standard InChI is InChI=1S/C20H18N4O3/c25-19(26)17-7-6-15-12-24(11-9-16(15)22-17)20-21-10-8-18(23-20)27-13-14-4-2-1-3-5-14/h1-8,10H,9,11-13H2,(H,25,26). The predicted molar refractivity (Wildman–Crippen MR) is 98.8 cm³/mol. The molecule has 3 heterocycles. The lowest BCUT2D eigenvalue weighted by Crippen LogP contribution is -2.32. The third-order valence-electron chi connectivity index (χ3n) is 4.40. The average molecular weight is 362 g/mol. The number of anilines is 1. The van der Waals surface area contributed by atoms with E-state index in [-0.39, 0.29) is 5.69 Å². The molecule has 0 aliphatic carbocycles. The van der Waals surface area contributed by atoms with Crippen LogP contribution in [0.1, 0.15) is 27.3 Å². The summed E-state index contributed by atoms with van der Waals surface area (Å²) < 4.78 is 5.78. The molecule has 3 aromatic rings. The molecule has 0 spiro atoms. The highest BCUT2D eigenvalue weighted by Crippen LogP contribution is 2.22. The Morgan fingerprint density at radius 1 is 1.11 bits per heavy atom. The summed E-state index contributed by atoms with van der Waals surface area (Å²) in [7, 11) is 0. The summed E-state index contributed by atoms with van der Waals surface area (Å²) in [6.07, 6.45) is 2.33. The first-order chi connectivity index (χ1) is 13.2. The predicted octanol–water partition coefficient (Wildman–Crippen LogP) is 2.71. The van der Waals surface area contributed by atoms with E-state index in [2.05, 4.69) is 15.0 Å². The zero-order valence-electron chi connectivity index (χ0n) is 14.6. The van der Waals surface area contributed by atoms with Gasteiger partial charge in [0.1, 0.15) is 12.3 Å². The van der Waals surface area contributed by atoms with Gasteiger partial charge in [-0.25, -0.2) is 14.8 Å². The Morgan fingerprint density at radius 2 is 1.96 bits per heavy atom. The highest BCUT2D eigenvalue weighted by Gasteiger charge is 2.21. The number of carboxylic acids is 1. The van der Waals surface area contributed by atoms with Crippen molar-refractivity contribution >= 4 is 11.9 Å². The number of hydrogen-bond acceptors (Lipinski definition) is 6.